The number of amides is 1. The average molecular weight is 369 g/mol. The fourth-order valence-corrected chi connectivity index (χ4v) is 3.50. The zero-order valence-corrected chi connectivity index (χ0v) is 15.9. The Hall–Kier alpha value is -3.40. The van der Waals surface area contributed by atoms with E-state index in [-0.39, 0.29) is 11.9 Å². The molecular weight excluding hydrogens is 346 g/mol. The number of rotatable bonds is 6. The first-order valence-electron chi connectivity index (χ1n) is 9.53. The van der Waals surface area contributed by atoms with Crippen LogP contribution >= 0.6 is 0 Å². The van der Waals surface area contributed by atoms with E-state index < -0.39 is 0 Å². The van der Waals surface area contributed by atoms with Crippen molar-refractivity contribution in [3.8, 4) is 0 Å². The lowest BCUT2D eigenvalue weighted by Gasteiger charge is -2.16. The highest BCUT2D eigenvalue weighted by molar-refractivity contribution is 5.79. The molecule has 28 heavy (non-hydrogen) atoms. The number of hydrogen-bond acceptors (Lipinski definition) is 2. The van der Waals surface area contributed by atoms with Crippen molar-refractivity contribution in [3.05, 3.63) is 102 Å². The van der Waals surface area contributed by atoms with Crippen molar-refractivity contribution in [2.75, 3.05) is 0 Å². The molecule has 0 spiro atoms. The van der Waals surface area contributed by atoms with Crippen LogP contribution in [-0.4, -0.2) is 15.5 Å². The Morgan fingerprint density at radius 3 is 2.21 bits per heavy atom. The van der Waals surface area contributed by atoms with Gasteiger partial charge in [0.2, 0.25) is 5.91 Å². The molecule has 0 aliphatic rings. The topological polar surface area (TPSA) is 46.9 Å². The van der Waals surface area contributed by atoms with Gasteiger partial charge in [0.05, 0.1) is 23.5 Å². The standard InChI is InChI=1S/C24H23N3O/c1-18(25-23(28)16-19-10-4-2-5-11-19)24-26-21-14-8-9-15-22(21)27(24)17-20-12-6-3-7-13-20/h2-15,18H,16-17H2,1H3,(H,25,28)/t18-/m0/s1. The second-order valence-corrected chi connectivity index (χ2v) is 6.98. The number of nitrogens with one attached hydrogen (secondary N) is 1. The summed E-state index contributed by atoms with van der Waals surface area (Å²) in [5.41, 5.74) is 4.22. The van der Waals surface area contributed by atoms with E-state index in [1.165, 1.54) is 5.56 Å². The van der Waals surface area contributed by atoms with Crippen molar-refractivity contribution < 1.29 is 4.79 Å². The third-order valence-corrected chi connectivity index (χ3v) is 4.84. The van der Waals surface area contributed by atoms with Crippen LogP contribution in [0.1, 0.15) is 29.9 Å². The van der Waals surface area contributed by atoms with Crippen molar-refractivity contribution in [2.45, 2.75) is 25.9 Å². The summed E-state index contributed by atoms with van der Waals surface area (Å²) < 4.78 is 2.19. The molecular formula is C24H23N3O. The molecule has 0 radical (unpaired) electrons. The Balaban J connectivity index is 1.60. The van der Waals surface area contributed by atoms with Crippen LogP contribution in [0.3, 0.4) is 0 Å². The molecule has 4 aromatic rings. The Bertz CT molecular complexity index is 1070. The van der Waals surface area contributed by atoms with Crippen molar-refractivity contribution in [1.29, 1.82) is 0 Å². The van der Waals surface area contributed by atoms with E-state index in [1.54, 1.807) is 0 Å². The number of aromatic nitrogens is 2. The molecule has 1 atom stereocenters. The number of hydrogen-bond donors (Lipinski definition) is 1. The number of imidazole rings is 1. The second-order valence-electron chi connectivity index (χ2n) is 6.98. The van der Waals surface area contributed by atoms with E-state index >= 15 is 0 Å². The van der Waals surface area contributed by atoms with Crippen LogP contribution in [0.4, 0.5) is 0 Å². The van der Waals surface area contributed by atoms with Crippen molar-refractivity contribution in [1.82, 2.24) is 14.9 Å². The molecule has 0 aliphatic carbocycles. The van der Waals surface area contributed by atoms with Crippen LogP contribution in [0, 0.1) is 0 Å². The van der Waals surface area contributed by atoms with E-state index in [2.05, 4.69) is 28.1 Å². The summed E-state index contributed by atoms with van der Waals surface area (Å²) in [5.74, 6) is 0.864. The number of nitrogens with zero attached hydrogens (tertiary/aromatic N) is 2. The molecule has 3 aromatic carbocycles. The summed E-state index contributed by atoms with van der Waals surface area (Å²) in [6, 6.07) is 28.0. The highest BCUT2D eigenvalue weighted by Crippen LogP contribution is 2.22. The highest BCUT2D eigenvalue weighted by Gasteiger charge is 2.18. The molecule has 1 heterocycles. The summed E-state index contributed by atoms with van der Waals surface area (Å²) in [4.78, 5) is 17.3. The van der Waals surface area contributed by atoms with Crippen LogP contribution in [0.5, 0.6) is 0 Å². The van der Waals surface area contributed by atoms with E-state index in [0.717, 1.165) is 29.0 Å². The minimum Gasteiger partial charge on any atom is -0.346 e. The summed E-state index contributed by atoms with van der Waals surface area (Å²) in [6.07, 6.45) is 0.365. The minimum absolute atomic E-state index is 0.00276. The fraction of sp³-hybridized carbons (Fsp3) is 0.167. The zero-order chi connectivity index (χ0) is 19.3. The predicted molar refractivity (Wildman–Crippen MR) is 112 cm³/mol. The molecule has 0 bridgehead atoms. The van der Waals surface area contributed by atoms with Gasteiger partial charge in [0, 0.05) is 6.54 Å². The van der Waals surface area contributed by atoms with Gasteiger partial charge in [-0.3, -0.25) is 4.79 Å². The van der Waals surface area contributed by atoms with E-state index in [1.807, 2.05) is 73.7 Å². The number of carbonyl (C=O) groups excluding carboxylic acids is 1. The van der Waals surface area contributed by atoms with Gasteiger partial charge in [-0.25, -0.2) is 4.98 Å². The maximum atomic E-state index is 12.5. The van der Waals surface area contributed by atoms with Crippen LogP contribution in [0.25, 0.3) is 11.0 Å². The first kappa shape index (κ1) is 18.0. The lowest BCUT2D eigenvalue weighted by atomic mass is 10.1. The Kier molecular flexibility index (Phi) is 5.20. The van der Waals surface area contributed by atoms with Gasteiger partial charge < -0.3 is 9.88 Å². The van der Waals surface area contributed by atoms with Crippen LogP contribution < -0.4 is 5.32 Å². The van der Waals surface area contributed by atoms with Crippen molar-refractivity contribution in [2.24, 2.45) is 0 Å². The van der Waals surface area contributed by atoms with E-state index in [4.69, 9.17) is 4.98 Å². The van der Waals surface area contributed by atoms with Crippen molar-refractivity contribution in [3.63, 3.8) is 0 Å². The summed E-state index contributed by atoms with van der Waals surface area (Å²) in [6.45, 7) is 2.71. The third kappa shape index (κ3) is 3.96. The maximum Gasteiger partial charge on any atom is 0.224 e. The molecule has 0 fully saturated rings. The van der Waals surface area contributed by atoms with E-state index in [9.17, 15) is 4.79 Å². The fourth-order valence-electron chi connectivity index (χ4n) is 3.50. The quantitative estimate of drug-likeness (QED) is 0.544. The molecule has 0 saturated heterocycles. The van der Waals surface area contributed by atoms with Gasteiger partial charge in [-0.15, -0.1) is 0 Å². The monoisotopic (exact) mass is 369 g/mol. The molecule has 1 aromatic heterocycles. The SMILES string of the molecule is C[C@H](NC(=O)Cc1ccccc1)c1nc2ccccc2n1Cc1ccccc1. The zero-order valence-electron chi connectivity index (χ0n) is 15.9. The number of benzene rings is 3. The Labute approximate surface area is 164 Å². The molecule has 4 nitrogen and oxygen atoms in total. The molecule has 1 N–H and O–H groups in total. The van der Waals surface area contributed by atoms with Gasteiger partial charge in [0.25, 0.3) is 0 Å². The molecule has 1 amide bonds. The normalized spacial score (nSPS) is 12.0. The average Bonchev–Trinajstić information content (AvgIpc) is 3.08. The molecule has 4 rings (SSSR count). The van der Waals surface area contributed by atoms with Gasteiger partial charge >= 0.3 is 0 Å². The Morgan fingerprint density at radius 1 is 0.893 bits per heavy atom. The Morgan fingerprint density at radius 2 is 1.50 bits per heavy atom. The number of carbonyl (C=O) groups is 1. The van der Waals surface area contributed by atoms with Gasteiger partial charge in [-0.2, -0.15) is 0 Å². The van der Waals surface area contributed by atoms with Crippen molar-refractivity contribution >= 4 is 16.9 Å². The first-order chi connectivity index (χ1) is 13.7. The van der Waals surface area contributed by atoms with Crippen LogP contribution in [-0.2, 0) is 17.8 Å². The molecule has 140 valence electrons. The predicted octanol–water partition coefficient (Wildman–Crippen LogP) is 4.50. The van der Waals surface area contributed by atoms with Crippen LogP contribution in [0.2, 0.25) is 0 Å². The van der Waals surface area contributed by atoms with Gasteiger partial charge in [-0.1, -0.05) is 72.8 Å². The molecule has 0 saturated carbocycles. The van der Waals surface area contributed by atoms with E-state index in [0.29, 0.717) is 6.42 Å². The molecule has 0 aliphatic heterocycles. The lowest BCUT2D eigenvalue weighted by Crippen LogP contribution is -2.30. The number of para-hydroxylation sites is 2. The maximum absolute atomic E-state index is 12.5. The van der Waals surface area contributed by atoms with Gasteiger partial charge in [0.15, 0.2) is 0 Å². The number of fused-ring (bicyclic) bond motifs is 1. The van der Waals surface area contributed by atoms with Crippen LogP contribution in [0.15, 0.2) is 84.9 Å². The second kappa shape index (κ2) is 8.09. The smallest absolute Gasteiger partial charge is 0.224 e. The highest BCUT2D eigenvalue weighted by atomic mass is 16.1. The summed E-state index contributed by atoms with van der Waals surface area (Å²) >= 11 is 0. The largest absolute Gasteiger partial charge is 0.346 e. The lowest BCUT2D eigenvalue weighted by molar-refractivity contribution is -0.121. The molecule has 0 unspecified atom stereocenters. The summed E-state index contributed by atoms with van der Waals surface area (Å²) in [5, 5.41) is 3.11. The first-order valence-corrected chi connectivity index (χ1v) is 9.53. The van der Waals surface area contributed by atoms with Gasteiger partial charge in [-0.05, 0) is 30.2 Å². The minimum atomic E-state index is -0.188. The molecule has 4 heteroatoms. The van der Waals surface area contributed by atoms with Gasteiger partial charge in [0.1, 0.15) is 5.82 Å². The third-order valence-electron chi connectivity index (χ3n) is 4.84. The summed E-state index contributed by atoms with van der Waals surface area (Å²) in [7, 11) is 0.